The van der Waals surface area contributed by atoms with Crippen molar-refractivity contribution in [2.45, 2.75) is 20.3 Å². The Balaban J connectivity index is 0.00000191. The van der Waals surface area contributed by atoms with Crippen LogP contribution in [0.4, 0.5) is 0 Å². The molecule has 1 aromatic rings. The second kappa shape index (κ2) is 14.8. The Bertz CT molecular complexity index is 343. The highest BCUT2D eigenvalue weighted by Gasteiger charge is 1.97. The lowest BCUT2D eigenvalue weighted by molar-refractivity contribution is -0.125. The van der Waals surface area contributed by atoms with E-state index in [9.17, 15) is 4.79 Å². The van der Waals surface area contributed by atoms with Crippen LogP contribution in [-0.2, 0) is 14.3 Å². The van der Waals surface area contributed by atoms with Gasteiger partial charge < -0.3 is 19.5 Å². The topological polar surface area (TPSA) is 56.8 Å². The molecule has 5 nitrogen and oxygen atoms in total. The largest absolute Gasteiger partial charge is 0.491 e. The molecule has 0 saturated heterocycles. The number of benzene rings is 1. The number of likely N-dealkylation sites (N-methyl/N-ethyl adjacent to an activating group) is 1. The van der Waals surface area contributed by atoms with E-state index in [0.29, 0.717) is 26.4 Å². The highest BCUT2D eigenvalue weighted by molar-refractivity contribution is 5.76. The monoisotopic (exact) mass is 297 g/mol. The molecule has 0 heterocycles. The van der Waals surface area contributed by atoms with Gasteiger partial charge in [0.1, 0.15) is 19.0 Å². The van der Waals surface area contributed by atoms with Gasteiger partial charge in [0.25, 0.3) is 0 Å². The fraction of sp³-hybridized carbons (Fsp3) is 0.562. The minimum Gasteiger partial charge on any atom is -0.491 e. The molecule has 0 aliphatic carbocycles. The van der Waals surface area contributed by atoms with Crippen molar-refractivity contribution in [2.24, 2.45) is 0 Å². The molecule has 0 fully saturated rings. The summed E-state index contributed by atoms with van der Waals surface area (Å²) in [4.78, 5) is 10.8. The predicted molar refractivity (Wildman–Crippen MR) is 83.6 cm³/mol. The van der Waals surface area contributed by atoms with E-state index in [0.717, 1.165) is 12.2 Å². The second-order valence-electron chi connectivity index (χ2n) is 3.85. The summed E-state index contributed by atoms with van der Waals surface area (Å²) >= 11 is 0. The minimum atomic E-state index is -0.114. The molecule has 21 heavy (non-hydrogen) atoms. The maximum atomic E-state index is 10.8. The molecule has 1 N–H and O–H groups in total. The van der Waals surface area contributed by atoms with Crippen molar-refractivity contribution < 1.29 is 19.0 Å². The Morgan fingerprint density at radius 2 is 1.67 bits per heavy atom. The first-order chi connectivity index (χ1) is 10.3. The molecule has 5 heteroatoms. The molecule has 0 unspecified atom stereocenters. The maximum absolute atomic E-state index is 10.8. The molecule has 0 bridgehead atoms. The summed E-state index contributed by atoms with van der Waals surface area (Å²) < 4.78 is 16.0. The van der Waals surface area contributed by atoms with Crippen LogP contribution in [0.3, 0.4) is 0 Å². The third kappa shape index (κ3) is 11.9. The Morgan fingerprint density at radius 3 is 2.33 bits per heavy atom. The lowest BCUT2D eigenvalue weighted by Gasteiger charge is -2.07. The summed E-state index contributed by atoms with van der Waals surface area (Å²) in [6.07, 6.45) is 0.766. The van der Waals surface area contributed by atoms with Gasteiger partial charge in [-0.25, -0.2) is 0 Å². The van der Waals surface area contributed by atoms with Gasteiger partial charge in [-0.05, 0) is 18.6 Å². The van der Waals surface area contributed by atoms with Gasteiger partial charge in [-0.2, -0.15) is 0 Å². The molecule has 120 valence electrons. The Labute approximate surface area is 127 Å². The van der Waals surface area contributed by atoms with E-state index in [4.69, 9.17) is 14.2 Å². The summed E-state index contributed by atoms with van der Waals surface area (Å²) in [5.41, 5.74) is 0. The first-order valence-electron chi connectivity index (χ1n) is 7.37. The van der Waals surface area contributed by atoms with Crippen molar-refractivity contribution in [1.29, 1.82) is 0 Å². The minimum absolute atomic E-state index is 0.105. The number of ether oxygens (including phenoxy) is 3. The summed E-state index contributed by atoms with van der Waals surface area (Å²) in [6, 6.07) is 9.63. The summed E-state index contributed by atoms with van der Waals surface area (Å²) in [6.45, 7) is 6.31. The van der Waals surface area contributed by atoms with Crippen molar-refractivity contribution in [3.8, 4) is 5.75 Å². The number of hydrogen-bond acceptors (Lipinski definition) is 4. The zero-order chi connectivity index (χ0) is 15.8. The van der Waals surface area contributed by atoms with Crippen LogP contribution in [0.5, 0.6) is 5.75 Å². The van der Waals surface area contributed by atoms with Crippen LogP contribution in [0.25, 0.3) is 0 Å². The zero-order valence-electron chi connectivity index (χ0n) is 13.3. The number of carbonyl (C=O) groups excluding carboxylic acids is 1. The fourth-order valence-corrected chi connectivity index (χ4v) is 1.34. The number of amides is 1. The fourth-order valence-electron chi connectivity index (χ4n) is 1.34. The number of para-hydroxylation sites is 1. The van der Waals surface area contributed by atoms with Gasteiger partial charge in [0, 0.05) is 20.3 Å². The van der Waals surface area contributed by atoms with Crippen LogP contribution in [0.1, 0.15) is 20.3 Å². The quantitative estimate of drug-likeness (QED) is 0.673. The van der Waals surface area contributed by atoms with Crippen LogP contribution >= 0.6 is 0 Å². The van der Waals surface area contributed by atoms with Gasteiger partial charge in [-0.3, -0.25) is 4.79 Å². The smallest absolute Gasteiger partial charge is 0.245 e. The van der Waals surface area contributed by atoms with Crippen LogP contribution in [0.15, 0.2) is 30.3 Å². The summed E-state index contributed by atoms with van der Waals surface area (Å²) in [5.74, 6) is 0.734. The average molecular weight is 297 g/mol. The summed E-state index contributed by atoms with van der Waals surface area (Å²) in [5, 5.41) is 2.49. The van der Waals surface area contributed by atoms with E-state index in [-0.39, 0.29) is 12.5 Å². The van der Waals surface area contributed by atoms with Crippen molar-refractivity contribution in [3.63, 3.8) is 0 Å². The van der Waals surface area contributed by atoms with E-state index in [1.807, 2.05) is 44.2 Å². The molecule has 1 rings (SSSR count). The van der Waals surface area contributed by atoms with Crippen molar-refractivity contribution in [1.82, 2.24) is 5.32 Å². The number of rotatable bonds is 10. The average Bonchev–Trinajstić information content (AvgIpc) is 2.56. The van der Waals surface area contributed by atoms with E-state index in [1.54, 1.807) is 7.05 Å². The molecule has 0 atom stereocenters. The molecule has 0 saturated carbocycles. The highest BCUT2D eigenvalue weighted by atomic mass is 16.5. The summed E-state index contributed by atoms with van der Waals surface area (Å²) in [7, 11) is 1.58. The first-order valence-corrected chi connectivity index (χ1v) is 7.37. The molecule has 0 aromatic heterocycles. The molecule has 1 amide bonds. The Kier molecular flexibility index (Phi) is 13.7. The van der Waals surface area contributed by atoms with E-state index in [2.05, 4.69) is 5.32 Å². The molecule has 0 radical (unpaired) electrons. The number of carbonyl (C=O) groups is 1. The molecule has 0 aliphatic rings. The van der Waals surface area contributed by atoms with Crippen molar-refractivity contribution in [2.75, 3.05) is 40.1 Å². The van der Waals surface area contributed by atoms with Crippen LogP contribution in [-0.4, -0.2) is 46.0 Å². The molecule has 0 spiro atoms. The van der Waals surface area contributed by atoms with Crippen LogP contribution < -0.4 is 10.1 Å². The molecular weight excluding hydrogens is 270 g/mol. The Hall–Kier alpha value is -1.59. The predicted octanol–water partition coefficient (Wildman–Crippen LogP) is 2.26. The van der Waals surface area contributed by atoms with E-state index < -0.39 is 0 Å². The lowest BCUT2D eigenvalue weighted by atomic mass is 10.3. The molecule has 1 aromatic carbocycles. The normalized spacial score (nSPS) is 9.48. The second-order valence-corrected chi connectivity index (χ2v) is 3.85. The molecular formula is C16H27NO4. The van der Waals surface area contributed by atoms with Gasteiger partial charge in [0.05, 0.1) is 6.61 Å². The van der Waals surface area contributed by atoms with E-state index in [1.165, 1.54) is 0 Å². The van der Waals surface area contributed by atoms with Gasteiger partial charge in [0.2, 0.25) is 5.91 Å². The molecule has 0 aliphatic heterocycles. The third-order valence-electron chi connectivity index (χ3n) is 2.33. The van der Waals surface area contributed by atoms with Crippen LogP contribution in [0, 0.1) is 0 Å². The van der Waals surface area contributed by atoms with Crippen molar-refractivity contribution in [3.05, 3.63) is 30.3 Å². The van der Waals surface area contributed by atoms with Gasteiger partial charge >= 0.3 is 0 Å². The number of hydrogen-bond donors (Lipinski definition) is 1. The highest BCUT2D eigenvalue weighted by Crippen LogP contribution is 2.07. The van der Waals surface area contributed by atoms with Crippen LogP contribution in [0.2, 0.25) is 0 Å². The van der Waals surface area contributed by atoms with Gasteiger partial charge in [-0.1, -0.05) is 32.0 Å². The lowest BCUT2D eigenvalue weighted by Crippen LogP contribution is -2.23. The zero-order valence-corrected chi connectivity index (χ0v) is 13.3. The number of nitrogens with one attached hydrogen (secondary N) is 1. The Morgan fingerprint density at radius 1 is 1.00 bits per heavy atom. The van der Waals surface area contributed by atoms with Gasteiger partial charge in [-0.15, -0.1) is 0 Å². The first kappa shape index (κ1) is 19.4. The van der Waals surface area contributed by atoms with Crippen molar-refractivity contribution >= 4 is 5.91 Å². The standard InChI is InChI=1S/C14H21NO4.C2H6/c1-15-14(16)12-18-9-5-8-17-10-11-19-13-6-3-2-4-7-13;1-2/h2-4,6-7H,5,8-12H2,1H3,(H,15,16);1-2H3. The maximum Gasteiger partial charge on any atom is 0.245 e. The third-order valence-corrected chi connectivity index (χ3v) is 2.33. The van der Waals surface area contributed by atoms with E-state index >= 15 is 0 Å². The van der Waals surface area contributed by atoms with Gasteiger partial charge in [0.15, 0.2) is 0 Å². The SMILES string of the molecule is CC.CNC(=O)COCCCOCCOc1ccccc1.